The number of methoxy groups -OCH3 is 1. The Bertz CT molecular complexity index is 1140. The normalized spacial score (nSPS) is 22.2. The van der Waals surface area contributed by atoms with E-state index in [0.29, 0.717) is 11.4 Å². The number of benzene rings is 2. The van der Waals surface area contributed by atoms with Crippen molar-refractivity contribution in [3.8, 4) is 16.9 Å². The van der Waals surface area contributed by atoms with E-state index >= 15 is 0 Å². The van der Waals surface area contributed by atoms with Gasteiger partial charge in [-0.3, -0.25) is 9.88 Å². The summed E-state index contributed by atoms with van der Waals surface area (Å²) in [5.74, 6) is 0.844. The Morgan fingerprint density at radius 1 is 1.07 bits per heavy atom. The lowest BCUT2D eigenvalue weighted by Crippen LogP contribution is -2.25. The molecule has 5 rings (SSSR count). The smallest absolute Gasteiger partial charge is 0.183 e. The van der Waals surface area contributed by atoms with Crippen LogP contribution in [0.5, 0.6) is 5.75 Å². The van der Waals surface area contributed by atoms with Crippen LogP contribution in [0.3, 0.4) is 0 Å². The highest BCUT2D eigenvalue weighted by Gasteiger charge is 2.50. The molecule has 1 fully saturated rings. The number of ether oxygens (including phenoxy) is 1. The van der Waals surface area contributed by atoms with Crippen LogP contribution in [-0.4, -0.2) is 43.8 Å². The molecule has 0 aliphatic carbocycles. The molecule has 1 aromatic heterocycles. The number of sulfone groups is 1. The Kier molecular flexibility index (Phi) is 4.41. The topological polar surface area (TPSA) is 59.5 Å². The van der Waals surface area contributed by atoms with Gasteiger partial charge in [0.05, 0.1) is 17.3 Å². The van der Waals surface area contributed by atoms with Crippen LogP contribution in [0.4, 0.5) is 0 Å². The second-order valence-electron chi connectivity index (χ2n) is 7.73. The molecule has 5 nitrogen and oxygen atoms in total. The fourth-order valence-electron chi connectivity index (χ4n) is 4.56. The van der Waals surface area contributed by atoms with Gasteiger partial charge in [0.2, 0.25) is 0 Å². The van der Waals surface area contributed by atoms with Crippen molar-refractivity contribution in [1.29, 1.82) is 0 Å². The zero-order valence-corrected chi connectivity index (χ0v) is 17.0. The minimum absolute atomic E-state index is 0.0184. The van der Waals surface area contributed by atoms with Crippen molar-refractivity contribution in [2.24, 2.45) is 0 Å². The molecule has 0 amide bonds. The number of rotatable bonds is 4. The lowest BCUT2D eigenvalue weighted by Gasteiger charge is -2.18. The van der Waals surface area contributed by atoms with Crippen LogP contribution in [-0.2, 0) is 16.4 Å². The zero-order valence-electron chi connectivity index (χ0n) is 16.2. The maximum absolute atomic E-state index is 13.1. The molecule has 0 N–H and O–H groups in total. The van der Waals surface area contributed by atoms with E-state index < -0.39 is 9.84 Å². The van der Waals surface area contributed by atoms with E-state index in [1.807, 2.05) is 54.7 Å². The second kappa shape index (κ2) is 6.97. The summed E-state index contributed by atoms with van der Waals surface area (Å²) >= 11 is 0. The number of likely N-dealkylation sites (tertiary alicyclic amines) is 1. The number of hydrogen-bond donors (Lipinski definition) is 0. The summed E-state index contributed by atoms with van der Waals surface area (Å²) in [5.41, 5.74) is 4.13. The van der Waals surface area contributed by atoms with E-state index in [1.165, 1.54) is 0 Å². The van der Waals surface area contributed by atoms with Crippen LogP contribution in [0.2, 0.25) is 0 Å². The Morgan fingerprint density at radius 2 is 1.90 bits per heavy atom. The Hall–Kier alpha value is -2.70. The highest BCUT2D eigenvalue weighted by atomic mass is 32.2. The fourth-order valence-corrected chi connectivity index (χ4v) is 6.75. The molecular formula is C23H22N2O3S. The Labute approximate surface area is 170 Å². The summed E-state index contributed by atoms with van der Waals surface area (Å²) < 4.78 is 31.5. The summed E-state index contributed by atoms with van der Waals surface area (Å²) in [4.78, 5) is 6.93. The molecule has 0 unspecified atom stereocenters. The molecule has 2 aliphatic rings. The van der Waals surface area contributed by atoms with Crippen molar-refractivity contribution >= 4 is 9.84 Å². The number of fused-ring (bicyclic) bond motifs is 3. The maximum atomic E-state index is 13.1. The first-order chi connectivity index (χ1) is 14.1. The summed E-state index contributed by atoms with van der Waals surface area (Å²) in [7, 11) is -1.64. The predicted molar refractivity (Wildman–Crippen MR) is 112 cm³/mol. The van der Waals surface area contributed by atoms with Crippen molar-refractivity contribution < 1.29 is 13.2 Å². The summed E-state index contributed by atoms with van der Waals surface area (Å²) in [6, 6.07) is 17.6. The van der Waals surface area contributed by atoms with E-state index in [1.54, 1.807) is 19.4 Å². The van der Waals surface area contributed by atoms with Crippen molar-refractivity contribution in [1.82, 2.24) is 9.88 Å². The summed E-state index contributed by atoms with van der Waals surface area (Å²) in [6.07, 6.45) is 3.55. The van der Waals surface area contributed by atoms with Crippen LogP contribution in [0.25, 0.3) is 11.1 Å². The Morgan fingerprint density at radius 3 is 2.62 bits per heavy atom. The monoisotopic (exact) mass is 406 g/mol. The molecule has 0 bridgehead atoms. The quantitative estimate of drug-likeness (QED) is 0.664. The third-order valence-electron chi connectivity index (χ3n) is 6.02. The van der Waals surface area contributed by atoms with E-state index in [0.717, 1.165) is 41.1 Å². The molecular weight excluding hydrogens is 384 g/mol. The molecule has 6 heteroatoms. The molecule has 148 valence electrons. The average Bonchev–Trinajstić information content (AvgIpc) is 3.26. The number of hydrogen-bond acceptors (Lipinski definition) is 5. The number of aromatic nitrogens is 1. The molecule has 3 aromatic rings. The highest BCUT2D eigenvalue weighted by Crippen LogP contribution is 2.46. The van der Waals surface area contributed by atoms with E-state index in [9.17, 15) is 8.42 Å². The number of nitrogens with zero attached hydrogens (tertiary/aromatic N) is 2. The van der Waals surface area contributed by atoms with E-state index in [2.05, 4.69) is 9.88 Å². The van der Waals surface area contributed by atoms with Crippen molar-refractivity contribution in [2.45, 2.75) is 22.6 Å². The van der Waals surface area contributed by atoms with Gasteiger partial charge in [0.1, 0.15) is 5.75 Å². The van der Waals surface area contributed by atoms with Gasteiger partial charge in [0.25, 0.3) is 0 Å². The van der Waals surface area contributed by atoms with Gasteiger partial charge in [-0.25, -0.2) is 8.42 Å². The van der Waals surface area contributed by atoms with Crippen LogP contribution in [0, 0.1) is 0 Å². The van der Waals surface area contributed by atoms with E-state index in [4.69, 9.17) is 4.74 Å². The zero-order chi connectivity index (χ0) is 20.0. The minimum atomic E-state index is -3.30. The molecule has 0 saturated carbocycles. The summed E-state index contributed by atoms with van der Waals surface area (Å²) in [6.45, 7) is 2.06. The van der Waals surface area contributed by atoms with Gasteiger partial charge in [0.15, 0.2) is 9.84 Å². The van der Waals surface area contributed by atoms with Gasteiger partial charge in [-0.05, 0) is 52.6 Å². The van der Waals surface area contributed by atoms with Crippen molar-refractivity contribution in [3.63, 3.8) is 0 Å². The lowest BCUT2D eigenvalue weighted by molar-refractivity contribution is 0.325. The molecule has 3 heterocycles. The van der Waals surface area contributed by atoms with Gasteiger partial charge in [0, 0.05) is 37.9 Å². The molecule has 2 aliphatic heterocycles. The van der Waals surface area contributed by atoms with Gasteiger partial charge in [-0.15, -0.1) is 0 Å². The largest absolute Gasteiger partial charge is 0.497 e. The first kappa shape index (κ1) is 18.3. The fraction of sp³-hybridized carbons (Fsp3) is 0.261. The van der Waals surface area contributed by atoms with Gasteiger partial charge < -0.3 is 4.74 Å². The van der Waals surface area contributed by atoms with Crippen molar-refractivity contribution in [3.05, 3.63) is 78.1 Å². The predicted octanol–water partition coefficient (Wildman–Crippen LogP) is 3.51. The third kappa shape index (κ3) is 3.12. The van der Waals surface area contributed by atoms with Crippen LogP contribution in [0.1, 0.15) is 17.0 Å². The minimum Gasteiger partial charge on any atom is -0.497 e. The third-order valence-corrected chi connectivity index (χ3v) is 8.28. The lowest BCUT2D eigenvalue weighted by atomic mass is 9.95. The first-order valence-corrected chi connectivity index (χ1v) is 11.2. The Balaban J connectivity index is 1.43. The average molecular weight is 407 g/mol. The molecule has 29 heavy (non-hydrogen) atoms. The standard InChI is InChI=1S/C23H22N2O3S/c1-28-19-7-4-16(5-8-19)13-25-14-21-20-11-17(18-3-2-10-24-12-18)6-9-22(20)29(26,27)23(21)15-25/h2-12,21,23H,13-15H2,1H3/t21-,23-/m1/s1. The maximum Gasteiger partial charge on any atom is 0.183 e. The molecule has 2 aromatic carbocycles. The highest BCUT2D eigenvalue weighted by molar-refractivity contribution is 7.92. The van der Waals surface area contributed by atoms with Crippen LogP contribution >= 0.6 is 0 Å². The summed E-state index contributed by atoms with van der Waals surface area (Å²) in [5, 5.41) is -0.361. The molecule has 0 spiro atoms. The molecule has 2 atom stereocenters. The van der Waals surface area contributed by atoms with Gasteiger partial charge in [-0.1, -0.05) is 24.3 Å². The second-order valence-corrected chi connectivity index (χ2v) is 9.86. The van der Waals surface area contributed by atoms with Crippen LogP contribution < -0.4 is 4.74 Å². The van der Waals surface area contributed by atoms with E-state index in [-0.39, 0.29) is 11.2 Å². The van der Waals surface area contributed by atoms with Gasteiger partial charge >= 0.3 is 0 Å². The van der Waals surface area contributed by atoms with Gasteiger partial charge in [-0.2, -0.15) is 0 Å². The van der Waals surface area contributed by atoms with Crippen LogP contribution in [0.15, 0.2) is 71.9 Å². The van der Waals surface area contributed by atoms with Crippen molar-refractivity contribution in [2.75, 3.05) is 20.2 Å². The molecule has 1 saturated heterocycles. The SMILES string of the molecule is COc1ccc(CN2C[C@@H]3c4cc(-c5cccnc5)ccc4S(=O)(=O)[C@@H]3C2)cc1. The first-order valence-electron chi connectivity index (χ1n) is 9.70. The number of pyridine rings is 1. The molecule has 0 radical (unpaired) electrons.